The summed E-state index contributed by atoms with van der Waals surface area (Å²) >= 11 is 0. The molecule has 0 spiro atoms. The van der Waals surface area contributed by atoms with Crippen molar-refractivity contribution in [2.45, 2.75) is 12.1 Å². The summed E-state index contributed by atoms with van der Waals surface area (Å²) in [4.78, 5) is 0. The molecule has 0 bridgehead atoms. The van der Waals surface area contributed by atoms with Gasteiger partial charge in [-0.05, 0) is 18.2 Å². The molecule has 2 aromatic carbocycles. The van der Waals surface area contributed by atoms with Gasteiger partial charge in [-0.25, -0.2) is 8.78 Å². The maximum absolute atomic E-state index is 13.8. The fraction of sp³-hybridized carbons (Fsp3) is 0.133. The summed E-state index contributed by atoms with van der Waals surface area (Å²) in [6, 6.07) is 8.53. The molecule has 1 heterocycles. The van der Waals surface area contributed by atoms with Crippen LogP contribution in [0.3, 0.4) is 0 Å². The summed E-state index contributed by atoms with van der Waals surface area (Å²) in [5.41, 5.74) is -5.41. The van der Waals surface area contributed by atoms with Crippen molar-refractivity contribution in [2.75, 3.05) is 0 Å². The average Bonchev–Trinajstić information content (AvgIpc) is 2.87. The maximum Gasteiger partial charge on any atom is 0.534 e. The SMILES string of the molecule is O=S(=O)(Oc1nn(Cc2ccc(F)cc2F)c2ccccc12)C(F)(F)F. The van der Waals surface area contributed by atoms with E-state index in [0.717, 1.165) is 16.8 Å². The molecule has 3 rings (SSSR count). The molecule has 26 heavy (non-hydrogen) atoms. The third kappa shape index (κ3) is 3.34. The Morgan fingerprint density at radius 1 is 1.08 bits per heavy atom. The Bertz CT molecular complexity index is 1080. The van der Waals surface area contributed by atoms with E-state index >= 15 is 0 Å². The molecule has 0 amide bonds. The topological polar surface area (TPSA) is 61.2 Å². The fourth-order valence-corrected chi connectivity index (χ4v) is 2.67. The fourth-order valence-electron chi connectivity index (χ4n) is 2.24. The van der Waals surface area contributed by atoms with E-state index in [1.165, 1.54) is 24.3 Å². The van der Waals surface area contributed by atoms with Gasteiger partial charge in [0.1, 0.15) is 11.6 Å². The van der Waals surface area contributed by atoms with Crippen molar-refractivity contribution in [2.24, 2.45) is 0 Å². The smallest absolute Gasteiger partial charge is 0.353 e. The van der Waals surface area contributed by atoms with Crippen molar-refractivity contribution in [3.05, 3.63) is 59.7 Å². The van der Waals surface area contributed by atoms with E-state index in [9.17, 15) is 30.4 Å². The molecule has 0 N–H and O–H groups in total. The molecular weight excluding hydrogens is 383 g/mol. The molecule has 0 unspecified atom stereocenters. The third-order valence-electron chi connectivity index (χ3n) is 3.43. The van der Waals surface area contributed by atoms with Crippen LogP contribution in [0.1, 0.15) is 5.56 Å². The van der Waals surface area contributed by atoms with E-state index < -0.39 is 33.1 Å². The van der Waals surface area contributed by atoms with E-state index in [4.69, 9.17) is 0 Å². The van der Waals surface area contributed by atoms with Crippen LogP contribution in [-0.2, 0) is 16.7 Å². The molecule has 138 valence electrons. The van der Waals surface area contributed by atoms with Crippen LogP contribution in [0.25, 0.3) is 10.9 Å². The van der Waals surface area contributed by atoms with Crippen molar-refractivity contribution in [3.63, 3.8) is 0 Å². The first-order chi connectivity index (χ1) is 12.1. The lowest BCUT2D eigenvalue weighted by atomic mass is 10.2. The molecule has 0 aliphatic rings. The van der Waals surface area contributed by atoms with E-state index in [1.807, 2.05) is 0 Å². The van der Waals surface area contributed by atoms with Crippen molar-refractivity contribution >= 4 is 21.0 Å². The van der Waals surface area contributed by atoms with Gasteiger partial charge in [0.2, 0.25) is 0 Å². The summed E-state index contributed by atoms with van der Waals surface area (Å²) in [6.07, 6.45) is 0. The molecule has 0 aliphatic carbocycles. The first-order valence-corrected chi connectivity index (χ1v) is 8.39. The maximum atomic E-state index is 13.8. The van der Waals surface area contributed by atoms with E-state index in [0.29, 0.717) is 6.07 Å². The molecular formula is C15H9F5N2O3S. The minimum absolute atomic E-state index is 0.00452. The van der Waals surface area contributed by atoms with Crippen LogP contribution >= 0.6 is 0 Å². The van der Waals surface area contributed by atoms with E-state index in [2.05, 4.69) is 9.28 Å². The van der Waals surface area contributed by atoms with Gasteiger partial charge in [0.25, 0.3) is 5.88 Å². The molecule has 5 nitrogen and oxygen atoms in total. The highest BCUT2D eigenvalue weighted by molar-refractivity contribution is 7.88. The number of fused-ring (bicyclic) bond motifs is 1. The zero-order valence-electron chi connectivity index (χ0n) is 12.7. The van der Waals surface area contributed by atoms with Gasteiger partial charge in [-0.3, -0.25) is 4.68 Å². The molecule has 3 aromatic rings. The first kappa shape index (κ1) is 18.1. The summed E-state index contributed by atoms with van der Waals surface area (Å²) in [6.45, 7) is -0.276. The number of benzene rings is 2. The predicted octanol–water partition coefficient (Wildman–Crippen LogP) is 3.59. The van der Waals surface area contributed by atoms with Gasteiger partial charge in [0, 0.05) is 11.6 Å². The lowest BCUT2D eigenvalue weighted by Crippen LogP contribution is -2.28. The number of hydrogen-bond acceptors (Lipinski definition) is 4. The number of nitrogens with zero attached hydrogens (tertiary/aromatic N) is 2. The molecule has 0 saturated carbocycles. The van der Waals surface area contributed by atoms with Crippen LogP contribution < -0.4 is 4.18 Å². The first-order valence-electron chi connectivity index (χ1n) is 6.99. The standard InChI is InChI=1S/C15H9F5N2O3S/c16-10-6-5-9(12(17)7-10)8-22-13-4-2-1-3-11(13)14(21-22)25-26(23,24)15(18,19)20/h1-7H,8H2. The lowest BCUT2D eigenvalue weighted by molar-refractivity contribution is -0.0501. The minimum atomic E-state index is -5.92. The minimum Gasteiger partial charge on any atom is -0.353 e. The number of halogens is 5. The molecule has 0 saturated heterocycles. The molecule has 11 heteroatoms. The highest BCUT2D eigenvalue weighted by Crippen LogP contribution is 2.31. The highest BCUT2D eigenvalue weighted by atomic mass is 32.2. The van der Waals surface area contributed by atoms with Crippen molar-refractivity contribution < 1.29 is 34.6 Å². The van der Waals surface area contributed by atoms with Gasteiger partial charge in [-0.15, -0.1) is 5.10 Å². The Hall–Kier alpha value is -2.69. The predicted molar refractivity (Wildman–Crippen MR) is 80.8 cm³/mol. The second kappa shape index (κ2) is 6.24. The Morgan fingerprint density at radius 3 is 2.42 bits per heavy atom. The van der Waals surface area contributed by atoms with Crippen molar-refractivity contribution in [1.29, 1.82) is 0 Å². The summed E-state index contributed by atoms with van der Waals surface area (Å²) in [5.74, 6) is -2.47. The zero-order chi connectivity index (χ0) is 19.1. The summed E-state index contributed by atoms with van der Waals surface area (Å²) in [5, 5.41) is 3.69. The van der Waals surface area contributed by atoms with Gasteiger partial charge in [-0.1, -0.05) is 18.2 Å². The Morgan fingerprint density at radius 2 is 1.77 bits per heavy atom. The van der Waals surface area contributed by atoms with Crippen LogP contribution in [-0.4, -0.2) is 23.7 Å². The van der Waals surface area contributed by atoms with Gasteiger partial charge in [0.15, 0.2) is 0 Å². The Balaban J connectivity index is 2.05. The van der Waals surface area contributed by atoms with Gasteiger partial charge >= 0.3 is 15.6 Å². The largest absolute Gasteiger partial charge is 0.534 e. The zero-order valence-corrected chi connectivity index (χ0v) is 13.5. The Kier molecular flexibility index (Phi) is 4.34. The second-order valence-corrected chi connectivity index (χ2v) is 6.74. The normalized spacial score (nSPS) is 12.5. The second-order valence-electron chi connectivity index (χ2n) is 5.20. The van der Waals surface area contributed by atoms with Crippen molar-refractivity contribution in [1.82, 2.24) is 9.78 Å². The van der Waals surface area contributed by atoms with Crippen LogP contribution in [0.2, 0.25) is 0 Å². The Labute approximate surface area is 143 Å². The highest BCUT2D eigenvalue weighted by Gasteiger charge is 2.49. The number of hydrogen-bond donors (Lipinski definition) is 0. The van der Waals surface area contributed by atoms with E-state index in [-0.39, 0.29) is 23.0 Å². The number of para-hydroxylation sites is 1. The molecule has 0 radical (unpaired) electrons. The van der Waals surface area contributed by atoms with Crippen molar-refractivity contribution in [3.8, 4) is 5.88 Å². The van der Waals surface area contributed by atoms with Crippen LogP contribution in [0.4, 0.5) is 22.0 Å². The molecule has 0 aliphatic heterocycles. The third-order valence-corrected chi connectivity index (χ3v) is 4.38. The molecule has 0 atom stereocenters. The van der Waals surface area contributed by atoms with Gasteiger partial charge < -0.3 is 4.18 Å². The van der Waals surface area contributed by atoms with Gasteiger partial charge in [0.05, 0.1) is 17.4 Å². The summed E-state index contributed by atoms with van der Waals surface area (Å²) < 4.78 is 92.0. The number of alkyl halides is 3. The van der Waals surface area contributed by atoms with Crippen LogP contribution in [0.15, 0.2) is 42.5 Å². The summed E-state index contributed by atoms with van der Waals surface area (Å²) in [7, 11) is -5.92. The van der Waals surface area contributed by atoms with Gasteiger partial charge in [-0.2, -0.15) is 21.6 Å². The van der Waals surface area contributed by atoms with Crippen LogP contribution in [0.5, 0.6) is 5.88 Å². The van der Waals surface area contributed by atoms with E-state index in [1.54, 1.807) is 0 Å². The quantitative estimate of drug-likeness (QED) is 0.387. The number of aromatic nitrogens is 2. The number of rotatable bonds is 4. The lowest BCUT2D eigenvalue weighted by Gasteiger charge is -2.07. The monoisotopic (exact) mass is 392 g/mol. The average molecular weight is 392 g/mol. The molecule has 0 fully saturated rings. The molecule has 1 aromatic heterocycles. The van der Waals surface area contributed by atoms with Crippen LogP contribution in [0, 0.1) is 11.6 Å².